The molecule has 146 valence electrons. The van der Waals surface area contributed by atoms with Gasteiger partial charge in [-0.3, -0.25) is 4.79 Å². The minimum Gasteiger partial charge on any atom is -0.451 e. The van der Waals surface area contributed by atoms with Crippen molar-refractivity contribution < 1.29 is 14.3 Å². The minimum absolute atomic E-state index is 0.337. The predicted molar refractivity (Wildman–Crippen MR) is 112 cm³/mol. The van der Waals surface area contributed by atoms with E-state index in [1.54, 1.807) is 31.2 Å². The van der Waals surface area contributed by atoms with Crippen LogP contribution >= 0.6 is 11.3 Å². The van der Waals surface area contributed by atoms with E-state index in [9.17, 15) is 9.59 Å². The van der Waals surface area contributed by atoms with E-state index >= 15 is 0 Å². The molecule has 0 radical (unpaired) electrons. The summed E-state index contributed by atoms with van der Waals surface area (Å²) in [6.07, 6.45) is 0.954. The van der Waals surface area contributed by atoms with Crippen molar-refractivity contribution in [2.45, 2.75) is 20.3 Å². The Morgan fingerprint density at radius 3 is 2.59 bits per heavy atom. The largest absolute Gasteiger partial charge is 0.451 e. The van der Waals surface area contributed by atoms with Crippen molar-refractivity contribution in [2.75, 3.05) is 11.9 Å². The molecule has 3 rings (SSSR count). The summed E-state index contributed by atoms with van der Waals surface area (Å²) >= 11 is 1.24. The van der Waals surface area contributed by atoms with Crippen LogP contribution < -0.4 is 5.32 Å². The second-order valence-electron chi connectivity index (χ2n) is 6.27. The smallest absolute Gasteiger partial charge is 0.350 e. The number of aromatic nitrogens is 1. The van der Waals surface area contributed by atoms with Gasteiger partial charge in [-0.2, -0.15) is 5.26 Å². The molecule has 0 bridgehead atoms. The van der Waals surface area contributed by atoms with Crippen LogP contribution in [0.25, 0.3) is 10.6 Å². The fraction of sp³-hybridized carbons (Fsp3) is 0.182. The first kappa shape index (κ1) is 20.2. The summed E-state index contributed by atoms with van der Waals surface area (Å²) in [5.74, 6) is -1.11. The van der Waals surface area contributed by atoms with E-state index in [0.29, 0.717) is 21.8 Å². The highest BCUT2D eigenvalue weighted by Gasteiger charge is 2.19. The van der Waals surface area contributed by atoms with Crippen LogP contribution in [0.15, 0.2) is 48.5 Å². The highest BCUT2D eigenvalue weighted by molar-refractivity contribution is 7.17. The van der Waals surface area contributed by atoms with E-state index in [1.165, 1.54) is 16.9 Å². The van der Waals surface area contributed by atoms with Gasteiger partial charge in [-0.05, 0) is 31.0 Å². The molecule has 2 aromatic carbocycles. The Bertz CT molecular complexity index is 1080. The second-order valence-corrected chi connectivity index (χ2v) is 7.26. The van der Waals surface area contributed by atoms with Crippen LogP contribution in [0, 0.1) is 18.3 Å². The molecule has 0 aliphatic heterocycles. The SMILES string of the molecule is CCc1ccc(-c2nc(C)c(C(=O)OCC(=O)Nc3ccccc3C#N)s2)cc1. The molecule has 1 heterocycles. The Morgan fingerprint density at radius 2 is 1.90 bits per heavy atom. The number of ether oxygens (including phenoxy) is 1. The van der Waals surface area contributed by atoms with Crippen LogP contribution in [0.3, 0.4) is 0 Å². The Morgan fingerprint density at radius 1 is 1.17 bits per heavy atom. The third-order valence-corrected chi connectivity index (χ3v) is 5.43. The van der Waals surface area contributed by atoms with E-state index in [4.69, 9.17) is 10.00 Å². The topological polar surface area (TPSA) is 92.1 Å². The van der Waals surface area contributed by atoms with Crippen LogP contribution in [0.5, 0.6) is 0 Å². The van der Waals surface area contributed by atoms with Crippen molar-refractivity contribution in [1.29, 1.82) is 5.26 Å². The Hall–Kier alpha value is -3.50. The highest BCUT2D eigenvalue weighted by atomic mass is 32.1. The molecule has 7 heteroatoms. The van der Waals surface area contributed by atoms with Crippen LogP contribution in [-0.2, 0) is 16.0 Å². The average Bonchev–Trinajstić information content (AvgIpc) is 3.14. The summed E-state index contributed by atoms with van der Waals surface area (Å²) < 4.78 is 5.14. The Balaban J connectivity index is 1.64. The first-order chi connectivity index (χ1) is 14.0. The number of rotatable bonds is 6. The molecule has 1 aromatic heterocycles. The van der Waals surface area contributed by atoms with Crippen molar-refractivity contribution in [3.8, 4) is 16.6 Å². The molecular formula is C22H19N3O3S. The summed E-state index contributed by atoms with van der Waals surface area (Å²) in [5.41, 5.74) is 3.43. The quantitative estimate of drug-likeness (QED) is 0.616. The third-order valence-electron chi connectivity index (χ3n) is 4.25. The number of hydrogen-bond donors (Lipinski definition) is 1. The summed E-state index contributed by atoms with van der Waals surface area (Å²) in [4.78, 5) is 29.3. The molecule has 0 saturated carbocycles. The van der Waals surface area contributed by atoms with E-state index < -0.39 is 18.5 Å². The lowest BCUT2D eigenvalue weighted by Crippen LogP contribution is -2.21. The van der Waals surface area contributed by atoms with Gasteiger partial charge in [0, 0.05) is 5.56 Å². The molecule has 0 atom stereocenters. The number of anilines is 1. The van der Waals surface area contributed by atoms with Crippen LogP contribution in [-0.4, -0.2) is 23.5 Å². The van der Waals surface area contributed by atoms with E-state index in [1.807, 2.05) is 30.3 Å². The number of amides is 1. The summed E-state index contributed by atoms with van der Waals surface area (Å²) in [6, 6.07) is 16.6. The number of benzene rings is 2. The number of carbonyl (C=O) groups is 2. The number of para-hydroxylation sites is 1. The summed E-state index contributed by atoms with van der Waals surface area (Å²) in [7, 11) is 0. The zero-order chi connectivity index (χ0) is 20.8. The Labute approximate surface area is 172 Å². The van der Waals surface area contributed by atoms with Crippen molar-refractivity contribution in [3.05, 3.63) is 70.2 Å². The van der Waals surface area contributed by atoms with Crippen molar-refractivity contribution in [3.63, 3.8) is 0 Å². The van der Waals surface area contributed by atoms with Gasteiger partial charge >= 0.3 is 5.97 Å². The molecule has 3 aromatic rings. The molecule has 0 aliphatic rings. The number of thiazole rings is 1. The number of carbonyl (C=O) groups excluding carboxylic acids is 2. The normalized spacial score (nSPS) is 10.2. The first-order valence-corrected chi connectivity index (χ1v) is 9.86. The molecule has 0 unspecified atom stereocenters. The molecule has 0 spiro atoms. The van der Waals surface area contributed by atoms with E-state index in [2.05, 4.69) is 17.2 Å². The minimum atomic E-state index is -0.597. The fourth-order valence-electron chi connectivity index (χ4n) is 2.66. The van der Waals surface area contributed by atoms with Crippen molar-refractivity contribution in [2.24, 2.45) is 0 Å². The number of esters is 1. The first-order valence-electron chi connectivity index (χ1n) is 9.04. The van der Waals surface area contributed by atoms with Gasteiger partial charge in [0.2, 0.25) is 0 Å². The average molecular weight is 405 g/mol. The summed E-state index contributed by atoms with van der Waals surface area (Å²) in [5, 5.41) is 12.4. The third kappa shape index (κ3) is 4.86. The maximum atomic E-state index is 12.4. The van der Waals surface area contributed by atoms with Gasteiger partial charge in [-0.1, -0.05) is 43.3 Å². The number of nitrogens with one attached hydrogen (secondary N) is 1. The molecule has 0 fully saturated rings. The number of hydrogen-bond acceptors (Lipinski definition) is 6. The van der Waals surface area contributed by atoms with E-state index in [-0.39, 0.29) is 0 Å². The van der Waals surface area contributed by atoms with Gasteiger partial charge in [0.05, 0.1) is 16.9 Å². The number of nitriles is 1. The molecule has 1 amide bonds. The van der Waals surface area contributed by atoms with Gasteiger partial charge < -0.3 is 10.1 Å². The summed E-state index contributed by atoms with van der Waals surface area (Å²) in [6.45, 7) is 3.38. The molecule has 0 aliphatic carbocycles. The monoisotopic (exact) mass is 405 g/mol. The van der Waals surface area contributed by atoms with Gasteiger partial charge in [0.25, 0.3) is 5.91 Å². The van der Waals surface area contributed by atoms with Crippen LogP contribution in [0.2, 0.25) is 0 Å². The lowest BCUT2D eigenvalue weighted by Gasteiger charge is -2.07. The highest BCUT2D eigenvalue weighted by Crippen LogP contribution is 2.28. The number of aryl methyl sites for hydroxylation is 2. The molecule has 0 saturated heterocycles. The maximum Gasteiger partial charge on any atom is 0.350 e. The van der Waals surface area contributed by atoms with Crippen LogP contribution in [0.1, 0.15) is 33.4 Å². The lowest BCUT2D eigenvalue weighted by atomic mass is 10.1. The molecule has 6 nitrogen and oxygen atoms in total. The molecular weight excluding hydrogens is 386 g/mol. The molecule has 29 heavy (non-hydrogen) atoms. The lowest BCUT2D eigenvalue weighted by molar-refractivity contribution is -0.119. The van der Waals surface area contributed by atoms with Crippen molar-refractivity contribution >= 4 is 28.9 Å². The molecule has 1 N–H and O–H groups in total. The van der Waals surface area contributed by atoms with E-state index in [0.717, 1.165) is 17.0 Å². The zero-order valence-electron chi connectivity index (χ0n) is 16.1. The maximum absolute atomic E-state index is 12.4. The zero-order valence-corrected chi connectivity index (χ0v) is 16.9. The van der Waals surface area contributed by atoms with Crippen LogP contribution in [0.4, 0.5) is 5.69 Å². The Kier molecular flexibility index (Phi) is 6.37. The van der Waals surface area contributed by atoms with Gasteiger partial charge in [-0.15, -0.1) is 11.3 Å². The van der Waals surface area contributed by atoms with Gasteiger partial charge in [0.15, 0.2) is 6.61 Å². The predicted octanol–water partition coefficient (Wildman–Crippen LogP) is 4.35. The standard InChI is InChI=1S/C22H19N3O3S/c1-3-15-8-10-16(11-9-15)21-24-14(2)20(29-21)22(27)28-13-19(26)25-18-7-5-4-6-17(18)12-23/h4-11H,3,13H2,1-2H3,(H,25,26). The van der Waals surface area contributed by atoms with Gasteiger partial charge in [-0.25, -0.2) is 9.78 Å². The fourth-order valence-corrected chi connectivity index (χ4v) is 3.63. The number of nitrogens with zero attached hydrogens (tertiary/aromatic N) is 2. The van der Waals surface area contributed by atoms with Crippen molar-refractivity contribution in [1.82, 2.24) is 4.98 Å². The second kappa shape index (κ2) is 9.13. The van der Waals surface area contributed by atoms with Gasteiger partial charge in [0.1, 0.15) is 16.0 Å².